The number of amides is 2. The zero-order valence-electron chi connectivity index (χ0n) is 19.6. The molecule has 0 aliphatic heterocycles. The molecular weight excluding hydrogens is 412 g/mol. The van der Waals surface area contributed by atoms with Crippen LogP contribution in [0.15, 0.2) is 24.4 Å². The van der Waals surface area contributed by atoms with Gasteiger partial charge in [0.15, 0.2) is 0 Å². The molecule has 2 heterocycles. The second kappa shape index (κ2) is 6.83. The monoisotopic (exact) mass is 446 g/mol. The summed E-state index contributed by atoms with van der Waals surface area (Å²) in [5, 5.41) is 3.17. The van der Waals surface area contributed by atoms with E-state index < -0.39 is 0 Å². The Labute approximate surface area is 195 Å². The standard InChI is InChI=1S/C27H34N4O2/c1-2-8-30(14-17-6-7-17)25(33)21-15-31-22(28-21)4-3-5-23(31)29-24(32)13-26-10-18-9-20(18)27(16-26)12-19(27)11-26/h3-5,15,17-20H,2,6-14,16H2,1H3,(H,29,32). The first-order valence-electron chi connectivity index (χ1n) is 13.1. The van der Waals surface area contributed by atoms with E-state index in [0.717, 1.165) is 37.3 Å². The van der Waals surface area contributed by atoms with Gasteiger partial charge in [0.2, 0.25) is 5.91 Å². The average molecular weight is 447 g/mol. The van der Waals surface area contributed by atoms with Crippen LogP contribution in [0.1, 0.15) is 75.2 Å². The highest BCUT2D eigenvalue weighted by Crippen LogP contribution is 2.84. The molecule has 1 N–H and O–H groups in total. The Morgan fingerprint density at radius 3 is 2.94 bits per heavy atom. The van der Waals surface area contributed by atoms with E-state index in [0.29, 0.717) is 34.9 Å². The van der Waals surface area contributed by atoms with E-state index in [1.54, 1.807) is 6.20 Å². The van der Waals surface area contributed by atoms with Gasteiger partial charge in [0.1, 0.15) is 17.2 Å². The summed E-state index contributed by atoms with van der Waals surface area (Å²) in [6, 6.07) is 5.73. The minimum Gasteiger partial charge on any atom is -0.337 e. The van der Waals surface area contributed by atoms with Crippen molar-refractivity contribution in [3.63, 3.8) is 0 Å². The van der Waals surface area contributed by atoms with Crippen molar-refractivity contribution in [3.8, 4) is 0 Å². The lowest BCUT2D eigenvalue weighted by Crippen LogP contribution is -2.33. The third kappa shape index (κ3) is 3.23. The highest BCUT2D eigenvalue weighted by Gasteiger charge is 2.76. The molecule has 6 nitrogen and oxygen atoms in total. The second-order valence-electron chi connectivity index (χ2n) is 12.0. The van der Waals surface area contributed by atoms with Crippen molar-refractivity contribution in [1.82, 2.24) is 14.3 Å². The van der Waals surface area contributed by atoms with Gasteiger partial charge in [-0.2, -0.15) is 0 Å². The van der Waals surface area contributed by atoms with E-state index in [4.69, 9.17) is 0 Å². The van der Waals surface area contributed by atoms with E-state index >= 15 is 0 Å². The Morgan fingerprint density at radius 1 is 1.24 bits per heavy atom. The van der Waals surface area contributed by atoms with Gasteiger partial charge in [-0.25, -0.2) is 4.98 Å². The molecule has 6 heteroatoms. The van der Waals surface area contributed by atoms with E-state index in [-0.39, 0.29) is 17.2 Å². The smallest absolute Gasteiger partial charge is 0.274 e. The maximum absolute atomic E-state index is 13.2. The lowest BCUT2D eigenvalue weighted by Gasteiger charge is -2.35. The van der Waals surface area contributed by atoms with Gasteiger partial charge in [-0.3, -0.25) is 14.0 Å². The van der Waals surface area contributed by atoms with Crippen LogP contribution in [0.25, 0.3) is 5.65 Å². The topological polar surface area (TPSA) is 66.7 Å². The predicted molar refractivity (Wildman–Crippen MR) is 126 cm³/mol. The molecule has 0 saturated heterocycles. The summed E-state index contributed by atoms with van der Waals surface area (Å²) in [5.74, 6) is 4.26. The number of rotatable bonds is 8. The fourth-order valence-electron chi connectivity index (χ4n) is 7.93. The minimum absolute atomic E-state index is 0.000266. The number of imidazole rings is 1. The Hall–Kier alpha value is -2.37. The summed E-state index contributed by atoms with van der Waals surface area (Å²) in [6.45, 7) is 3.70. The first-order chi connectivity index (χ1) is 16.0. The van der Waals surface area contributed by atoms with Crippen molar-refractivity contribution in [1.29, 1.82) is 0 Å². The molecule has 1 spiro atoms. The number of aromatic nitrogens is 2. The molecule has 2 aromatic rings. The van der Waals surface area contributed by atoms with Crippen LogP contribution < -0.4 is 5.32 Å². The van der Waals surface area contributed by atoms with Crippen molar-refractivity contribution in [2.24, 2.45) is 34.5 Å². The Bertz CT molecular complexity index is 1150. The number of pyridine rings is 1. The van der Waals surface area contributed by atoms with Crippen LogP contribution in [0, 0.1) is 34.5 Å². The summed E-state index contributed by atoms with van der Waals surface area (Å²) >= 11 is 0. The third-order valence-electron chi connectivity index (χ3n) is 9.49. The molecule has 0 radical (unpaired) electrons. The fraction of sp³-hybridized carbons (Fsp3) is 0.667. The van der Waals surface area contributed by atoms with Crippen LogP contribution >= 0.6 is 0 Å². The number of fused-ring (bicyclic) bond motifs is 3. The molecular formula is C27H34N4O2. The number of hydrogen-bond acceptors (Lipinski definition) is 3. The van der Waals surface area contributed by atoms with Crippen LogP contribution in [0.3, 0.4) is 0 Å². The van der Waals surface area contributed by atoms with Crippen LogP contribution in [-0.4, -0.2) is 39.2 Å². The fourth-order valence-corrected chi connectivity index (χ4v) is 7.93. The summed E-state index contributed by atoms with van der Waals surface area (Å²) in [4.78, 5) is 32.9. The number of nitrogens with zero attached hydrogens (tertiary/aromatic N) is 3. The van der Waals surface area contributed by atoms with E-state index in [9.17, 15) is 9.59 Å². The molecule has 5 aliphatic carbocycles. The molecule has 0 aromatic carbocycles. The SMILES string of the molecule is CCCN(CC1CC1)C(=O)c1cn2c(NC(=O)CC34CC5CC5C5(CC5C3)C4)cccc2n1. The summed E-state index contributed by atoms with van der Waals surface area (Å²) in [6.07, 6.45) is 12.5. The first-order valence-corrected chi connectivity index (χ1v) is 13.1. The van der Waals surface area contributed by atoms with Crippen LogP contribution in [-0.2, 0) is 4.79 Å². The molecule has 2 aromatic heterocycles. The van der Waals surface area contributed by atoms with Gasteiger partial charge in [-0.1, -0.05) is 13.0 Å². The van der Waals surface area contributed by atoms with Crippen molar-refractivity contribution in [2.75, 3.05) is 18.4 Å². The largest absolute Gasteiger partial charge is 0.337 e. The minimum atomic E-state index is 0.000266. The summed E-state index contributed by atoms with van der Waals surface area (Å²) < 4.78 is 1.87. The maximum Gasteiger partial charge on any atom is 0.274 e. The normalized spacial score (nSPS) is 35.1. The summed E-state index contributed by atoms with van der Waals surface area (Å²) in [5.41, 5.74) is 2.04. The van der Waals surface area contributed by atoms with Gasteiger partial charge in [-0.15, -0.1) is 0 Å². The molecule has 5 aliphatic rings. The van der Waals surface area contributed by atoms with Crippen molar-refractivity contribution in [3.05, 3.63) is 30.1 Å². The molecule has 5 atom stereocenters. The number of carbonyl (C=O) groups excluding carboxylic acids is 2. The van der Waals surface area contributed by atoms with Crippen LogP contribution in [0.5, 0.6) is 0 Å². The third-order valence-corrected chi connectivity index (χ3v) is 9.49. The molecule has 7 rings (SSSR count). The van der Waals surface area contributed by atoms with Gasteiger partial charge in [-0.05, 0) is 98.0 Å². The average Bonchev–Trinajstić information content (AvgIpc) is 3.73. The lowest BCUT2D eigenvalue weighted by molar-refractivity contribution is -0.119. The predicted octanol–water partition coefficient (Wildman–Crippen LogP) is 4.75. The molecule has 5 unspecified atom stereocenters. The van der Waals surface area contributed by atoms with Gasteiger partial charge in [0, 0.05) is 25.7 Å². The molecule has 5 fully saturated rings. The molecule has 2 bridgehead atoms. The highest BCUT2D eigenvalue weighted by atomic mass is 16.2. The van der Waals surface area contributed by atoms with E-state index in [2.05, 4.69) is 17.2 Å². The molecule has 2 amide bonds. The number of anilines is 1. The Balaban J connectivity index is 1.09. The summed E-state index contributed by atoms with van der Waals surface area (Å²) in [7, 11) is 0. The van der Waals surface area contributed by atoms with Crippen molar-refractivity contribution in [2.45, 2.75) is 64.7 Å². The molecule has 174 valence electrons. The number of carbonyl (C=O) groups is 2. The van der Waals surface area contributed by atoms with Crippen molar-refractivity contribution < 1.29 is 9.59 Å². The van der Waals surface area contributed by atoms with Gasteiger partial charge in [0.25, 0.3) is 5.91 Å². The molecule has 5 saturated carbocycles. The van der Waals surface area contributed by atoms with Gasteiger partial charge in [0.05, 0.1) is 0 Å². The first kappa shape index (κ1) is 20.0. The Kier molecular flexibility index (Phi) is 4.15. The highest BCUT2D eigenvalue weighted by molar-refractivity contribution is 5.94. The van der Waals surface area contributed by atoms with E-state index in [1.807, 2.05) is 27.5 Å². The van der Waals surface area contributed by atoms with E-state index in [1.165, 1.54) is 44.9 Å². The van der Waals surface area contributed by atoms with Crippen LogP contribution in [0.4, 0.5) is 5.82 Å². The molecule has 33 heavy (non-hydrogen) atoms. The van der Waals surface area contributed by atoms with Gasteiger partial charge < -0.3 is 10.2 Å². The number of nitrogens with one attached hydrogen (secondary N) is 1. The zero-order valence-corrected chi connectivity index (χ0v) is 19.6. The number of hydrogen-bond donors (Lipinski definition) is 1. The van der Waals surface area contributed by atoms with Gasteiger partial charge >= 0.3 is 0 Å². The lowest BCUT2D eigenvalue weighted by atomic mass is 9.69. The maximum atomic E-state index is 13.2. The Morgan fingerprint density at radius 2 is 2.12 bits per heavy atom. The second-order valence-corrected chi connectivity index (χ2v) is 12.0. The quantitative estimate of drug-likeness (QED) is 0.636. The zero-order chi connectivity index (χ0) is 22.4. The van der Waals surface area contributed by atoms with Crippen LogP contribution in [0.2, 0.25) is 0 Å². The van der Waals surface area contributed by atoms with Crippen molar-refractivity contribution >= 4 is 23.3 Å².